The number of hydrogen-bond donors (Lipinski definition) is 1. The molecule has 0 unspecified atom stereocenters. The SMILES string of the molecule is Cn1cc(N2CCC[C@H](Nc3ccccc3[N+](=O)[O-])C2)cn1. The summed E-state index contributed by atoms with van der Waals surface area (Å²) in [6.45, 7) is 1.80. The molecule has 1 aromatic carbocycles. The molecular formula is C15H19N5O2. The van der Waals surface area contributed by atoms with E-state index in [0.717, 1.165) is 31.6 Å². The van der Waals surface area contributed by atoms with Gasteiger partial charge in [-0.3, -0.25) is 14.8 Å². The summed E-state index contributed by atoms with van der Waals surface area (Å²) in [4.78, 5) is 13.0. The first kappa shape index (κ1) is 14.4. The third-order valence-corrected chi connectivity index (χ3v) is 3.94. The number of nitro groups is 1. The molecule has 1 fully saturated rings. The Morgan fingerprint density at radius 1 is 1.41 bits per heavy atom. The Morgan fingerprint density at radius 2 is 2.23 bits per heavy atom. The van der Waals surface area contributed by atoms with E-state index in [0.29, 0.717) is 5.69 Å². The van der Waals surface area contributed by atoms with Crippen molar-refractivity contribution in [3.8, 4) is 0 Å². The van der Waals surface area contributed by atoms with E-state index in [1.54, 1.807) is 16.8 Å². The lowest BCUT2D eigenvalue weighted by Crippen LogP contribution is -2.42. The molecule has 0 spiro atoms. The molecular weight excluding hydrogens is 282 g/mol. The highest BCUT2D eigenvalue weighted by Gasteiger charge is 2.23. The van der Waals surface area contributed by atoms with Crippen LogP contribution in [0.25, 0.3) is 0 Å². The van der Waals surface area contributed by atoms with E-state index < -0.39 is 0 Å². The van der Waals surface area contributed by atoms with Crippen LogP contribution >= 0.6 is 0 Å². The third kappa shape index (κ3) is 3.03. The molecule has 0 amide bonds. The van der Waals surface area contributed by atoms with Gasteiger partial charge in [0.15, 0.2) is 0 Å². The highest BCUT2D eigenvalue weighted by atomic mass is 16.6. The predicted octanol–water partition coefficient (Wildman–Crippen LogP) is 2.41. The van der Waals surface area contributed by atoms with Crippen LogP contribution in [0.5, 0.6) is 0 Å². The van der Waals surface area contributed by atoms with Gasteiger partial charge < -0.3 is 10.2 Å². The van der Waals surface area contributed by atoms with Crippen molar-refractivity contribution in [3.05, 3.63) is 46.8 Å². The second-order valence-electron chi connectivity index (χ2n) is 5.58. The smallest absolute Gasteiger partial charge is 0.292 e. The second kappa shape index (κ2) is 6.05. The summed E-state index contributed by atoms with van der Waals surface area (Å²) in [5.41, 5.74) is 1.81. The number of nitrogens with zero attached hydrogens (tertiary/aromatic N) is 4. The number of benzene rings is 1. The van der Waals surface area contributed by atoms with Gasteiger partial charge in [0.2, 0.25) is 0 Å². The minimum Gasteiger partial charge on any atom is -0.375 e. The van der Waals surface area contributed by atoms with Gasteiger partial charge in [-0.25, -0.2) is 0 Å². The van der Waals surface area contributed by atoms with Crippen LogP contribution in [-0.4, -0.2) is 33.8 Å². The first-order chi connectivity index (χ1) is 10.6. The fourth-order valence-corrected chi connectivity index (χ4v) is 2.88. The second-order valence-corrected chi connectivity index (χ2v) is 5.58. The van der Waals surface area contributed by atoms with Gasteiger partial charge in [-0.15, -0.1) is 0 Å². The van der Waals surface area contributed by atoms with Gasteiger partial charge in [-0.2, -0.15) is 5.10 Å². The Kier molecular flexibility index (Phi) is 3.95. The lowest BCUT2D eigenvalue weighted by molar-refractivity contribution is -0.384. The van der Waals surface area contributed by atoms with Crippen molar-refractivity contribution in [2.75, 3.05) is 23.3 Å². The number of piperidine rings is 1. The maximum Gasteiger partial charge on any atom is 0.292 e. The first-order valence-corrected chi connectivity index (χ1v) is 7.37. The van der Waals surface area contributed by atoms with Crippen molar-refractivity contribution in [1.82, 2.24) is 9.78 Å². The average Bonchev–Trinajstić information content (AvgIpc) is 2.94. The Balaban J connectivity index is 1.72. The molecule has 1 aromatic heterocycles. The van der Waals surface area contributed by atoms with Gasteiger partial charge in [0.25, 0.3) is 5.69 Å². The van der Waals surface area contributed by atoms with Crippen LogP contribution in [0.4, 0.5) is 17.1 Å². The van der Waals surface area contributed by atoms with E-state index in [1.807, 2.05) is 25.5 Å². The zero-order chi connectivity index (χ0) is 15.5. The highest BCUT2D eigenvalue weighted by molar-refractivity contribution is 5.62. The molecule has 2 heterocycles. The Labute approximate surface area is 128 Å². The van der Waals surface area contributed by atoms with Crippen molar-refractivity contribution < 1.29 is 4.92 Å². The molecule has 1 N–H and O–H groups in total. The zero-order valence-electron chi connectivity index (χ0n) is 12.5. The quantitative estimate of drug-likeness (QED) is 0.693. The van der Waals surface area contributed by atoms with Gasteiger partial charge >= 0.3 is 0 Å². The van der Waals surface area contributed by atoms with Crippen LogP contribution in [0.2, 0.25) is 0 Å². The van der Waals surface area contributed by atoms with Crippen LogP contribution < -0.4 is 10.2 Å². The molecule has 0 saturated carbocycles. The molecule has 1 aliphatic heterocycles. The number of rotatable bonds is 4. The Bertz CT molecular complexity index is 669. The van der Waals surface area contributed by atoms with Gasteiger partial charge in [0.1, 0.15) is 5.69 Å². The van der Waals surface area contributed by atoms with Crippen molar-refractivity contribution in [2.45, 2.75) is 18.9 Å². The minimum absolute atomic E-state index is 0.126. The van der Waals surface area contributed by atoms with Crippen molar-refractivity contribution in [3.63, 3.8) is 0 Å². The van der Waals surface area contributed by atoms with E-state index in [1.165, 1.54) is 6.07 Å². The fraction of sp³-hybridized carbons (Fsp3) is 0.400. The van der Waals surface area contributed by atoms with Gasteiger partial charge in [0.05, 0.1) is 16.8 Å². The predicted molar refractivity (Wildman–Crippen MR) is 85.2 cm³/mol. The summed E-state index contributed by atoms with van der Waals surface area (Å²) in [5, 5.41) is 18.6. The van der Waals surface area contributed by atoms with Crippen molar-refractivity contribution in [2.24, 2.45) is 7.05 Å². The van der Waals surface area contributed by atoms with Gasteiger partial charge in [0, 0.05) is 38.4 Å². The molecule has 0 aliphatic carbocycles. The molecule has 1 atom stereocenters. The summed E-state index contributed by atoms with van der Waals surface area (Å²) in [6.07, 6.45) is 5.90. The molecule has 2 aromatic rings. The highest BCUT2D eigenvalue weighted by Crippen LogP contribution is 2.27. The van der Waals surface area contributed by atoms with E-state index in [-0.39, 0.29) is 16.7 Å². The van der Waals surface area contributed by atoms with Crippen LogP contribution in [0.1, 0.15) is 12.8 Å². The van der Waals surface area contributed by atoms with Gasteiger partial charge in [-0.05, 0) is 18.9 Å². The average molecular weight is 301 g/mol. The summed E-state index contributed by atoms with van der Waals surface area (Å²) in [6, 6.07) is 6.99. The first-order valence-electron chi connectivity index (χ1n) is 7.37. The summed E-state index contributed by atoms with van der Waals surface area (Å²) >= 11 is 0. The molecule has 1 saturated heterocycles. The topological polar surface area (TPSA) is 76.2 Å². The van der Waals surface area contributed by atoms with Gasteiger partial charge in [-0.1, -0.05) is 12.1 Å². The van der Waals surface area contributed by atoms with Crippen LogP contribution in [0.15, 0.2) is 36.7 Å². The molecule has 0 radical (unpaired) electrons. The molecule has 22 heavy (non-hydrogen) atoms. The molecule has 3 rings (SSSR count). The lowest BCUT2D eigenvalue weighted by atomic mass is 10.0. The van der Waals surface area contributed by atoms with E-state index in [2.05, 4.69) is 15.3 Å². The van der Waals surface area contributed by atoms with Crippen molar-refractivity contribution in [1.29, 1.82) is 0 Å². The fourth-order valence-electron chi connectivity index (χ4n) is 2.88. The number of para-hydroxylation sites is 2. The van der Waals surface area contributed by atoms with Crippen LogP contribution in [-0.2, 0) is 7.05 Å². The molecule has 7 nitrogen and oxygen atoms in total. The monoisotopic (exact) mass is 301 g/mol. The summed E-state index contributed by atoms with van der Waals surface area (Å²) in [5.74, 6) is 0. The maximum atomic E-state index is 11.1. The standard InChI is InChI=1S/C15H19N5O2/c1-18-11-13(9-16-18)19-8-4-5-12(10-19)17-14-6-2-3-7-15(14)20(21)22/h2-3,6-7,9,11-12,17H,4-5,8,10H2,1H3/t12-/m0/s1. The Morgan fingerprint density at radius 3 is 2.95 bits per heavy atom. The van der Waals surface area contributed by atoms with Crippen LogP contribution in [0.3, 0.4) is 0 Å². The third-order valence-electron chi connectivity index (χ3n) is 3.94. The van der Waals surface area contributed by atoms with E-state index in [9.17, 15) is 10.1 Å². The zero-order valence-corrected chi connectivity index (χ0v) is 12.5. The molecule has 0 bridgehead atoms. The normalized spacial score (nSPS) is 18.2. The summed E-state index contributed by atoms with van der Waals surface area (Å²) in [7, 11) is 1.90. The Hall–Kier alpha value is -2.57. The summed E-state index contributed by atoms with van der Waals surface area (Å²) < 4.78 is 1.79. The lowest BCUT2D eigenvalue weighted by Gasteiger charge is -2.34. The number of aromatic nitrogens is 2. The molecule has 7 heteroatoms. The van der Waals surface area contributed by atoms with E-state index >= 15 is 0 Å². The largest absolute Gasteiger partial charge is 0.375 e. The van der Waals surface area contributed by atoms with E-state index in [4.69, 9.17) is 0 Å². The van der Waals surface area contributed by atoms with Crippen molar-refractivity contribution >= 4 is 17.1 Å². The van der Waals surface area contributed by atoms with Crippen LogP contribution in [0, 0.1) is 10.1 Å². The number of nitrogens with one attached hydrogen (secondary N) is 1. The number of anilines is 2. The number of aryl methyl sites for hydroxylation is 1. The minimum atomic E-state index is -0.343. The number of hydrogen-bond acceptors (Lipinski definition) is 5. The maximum absolute atomic E-state index is 11.1. The molecule has 116 valence electrons. The number of nitro benzene ring substituents is 1. The molecule has 1 aliphatic rings.